The van der Waals surface area contributed by atoms with Gasteiger partial charge in [-0.3, -0.25) is 0 Å². The van der Waals surface area contributed by atoms with Gasteiger partial charge in [0.15, 0.2) is 0 Å². The van der Waals surface area contributed by atoms with E-state index in [4.69, 9.17) is 0 Å². The van der Waals surface area contributed by atoms with E-state index in [0.717, 1.165) is 5.66 Å². The normalized spacial score (nSPS) is 27.6. The minimum absolute atomic E-state index is 0.156. The third-order valence-corrected chi connectivity index (χ3v) is 7.74. The van der Waals surface area contributed by atoms with Gasteiger partial charge in [-0.05, 0) is 28.8 Å². The molecule has 0 amide bonds. The predicted octanol–water partition coefficient (Wildman–Crippen LogP) is 5.01. The lowest BCUT2D eigenvalue weighted by Crippen LogP contribution is -2.31. The molecule has 0 N–H and O–H groups in total. The fraction of sp³-hybridized carbons (Fsp3) is 1.00. The maximum atomic E-state index is 2.51. The zero-order chi connectivity index (χ0) is 11.0. The molecular weight excluding hydrogens is 187 g/mol. The van der Waals surface area contributed by atoms with Crippen LogP contribution in [0.25, 0.3) is 0 Å². The first kappa shape index (κ1) is 12.5. The molecule has 0 aromatic carbocycles. The molecule has 0 aromatic heterocycles. The maximum Gasteiger partial charge on any atom is -0.0144 e. The van der Waals surface area contributed by atoms with Crippen LogP contribution in [-0.2, 0) is 0 Å². The van der Waals surface area contributed by atoms with Gasteiger partial charge >= 0.3 is 0 Å². The highest BCUT2D eigenvalue weighted by Gasteiger charge is 2.42. The Bertz CT molecular complexity index is 173. The lowest BCUT2D eigenvalue weighted by Gasteiger charge is -2.46. The quantitative estimate of drug-likeness (QED) is 0.538. The molecule has 0 radical (unpaired) electrons. The summed E-state index contributed by atoms with van der Waals surface area (Å²) in [5.74, 6) is 0. The van der Waals surface area contributed by atoms with Crippen molar-refractivity contribution in [2.45, 2.75) is 83.2 Å². The first-order valence-corrected chi connectivity index (χ1v) is 7.48. The first-order valence-electron chi connectivity index (χ1n) is 6.07. The second-order valence-corrected chi connectivity index (χ2v) is 10.5. The van der Waals surface area contributed by atoms with Crippen molar-refractivity contribution in [2.24, 2.45) is 0 Å². The summed E-state index contributed by atoms with van der Waals surface area (Å²) in [6.45, 7) is 14.9. The van der Waals surface area contributed by atoms with Gasteiger partial charge in [0.25, 0.3) is 0 Å². The first-order chi connectivity index (χ1) is 6.27. The average Bonchev–Trinajstić information content (AvgIpc) is 2.04. The van der Waals surface area contributed by atoms with Crippen LogP contribution in [0.5, 0.6) is 0 Å². The van der Waals surface area contributed by atoms with Gasteiger partial charge in [0.1, 0.15) is 0 Å². The number of hydrogen-bond donors (Lipinski definition) is 0. The van der Waals surface area contributed by atoms with Crippen LogP contribution >= 0.6 is 7.92 Å². The van der Waals surface area contributed by atoms with Crippen LogP contribution in [0.2, 0.25) is 0 Å². The predicted molar refractivity (Wildman–Crippen MR) is 68.7 cm³/mol. The summed E-state index contributed by atoms with van der Waals surface area (Å²) in [5, 5.41) is 1.20. The molecule has 0 aromatic rings. The van der Waals surface area contributed by atoms with Crippen LogP contribution < -0.4 is 0 Å². The highest BCUT2D eigenvalue weighted by atomic mass is 31.1. The Morgan fingerprint density at radius 1 is 0.857 bits per heavy atom. The van der Waals surface area contributed by atoms with E-state index in [0.29, 0.717) is 10.3 Å². The number of hydrogen-bond acceptors (Lipinski definition) is 0. The Labute approximate surface area is 91.6 Å². The Morgan fingerprint density at radius 3 is 1.50 bits per heavy atom. The molecular formula is C13H27P. The molecule has 1 rings (SSSR count). The molecule has 0 saturated carbocycles. The average molecular weight is 214 g/mol. The van der Waals surface area contributed by atoms with Crippen LogP contribution in [0.4, 0.5) is 0 Å². The van der Waals surface area contributed by atoms with Crippen molar-refractivity contribution < 1.29 is 0 Å². The Kier molecular flexibility index (Phi) is 3.68. The summed E-state index contributed by atoms with van der Waals surface area (Å²) < 4.78 is 0. The van der Waals surface area contributed by atoms with E-state index in [1.807, 2.05) is 0 Å². The smallest absolute Gasteiger partial charge is 0.0144 e. The highest BCUT2D eigenvalue weighted by Crippen LogP contribution is 2.66. The van der Waals surface area contributed by atoms with E-state index >= 15 is 0 Å². The van der Waals surface area contributed by atoms with Gasteiger partial charge in [-0.1, -0.05) is 62.3 Å². The van der Waals surface area contributed by atoms with E-state index in [2.05, 4.69) is 41.5 Å². The van der Waals surface area contributed by atoms with Crippen molar-refractivity contribution in [2.75, 3.05) is 0 Å². The van der Waals surface area contributed by atoms with E-state index in [1.54, 1.807) is 0 Å². The zero-order valence-electron chi connectivity index (χ0n) is 10.9. The molecule has 0 atom stereocenters. The van der Waals surface area contributed by atoms with E-state index < -0.39 is 0 Å². The summed E-state index contributed by atoms with van der Waals surface area (Å²) >= 11 is 0. The van der Waals surface area contributed by atoms with Crippen molar-refractivity contribution in [1.29, 1.82) is 0 Å². The van der Waals surface area contributed by atoms with Crippen LogP contribution in [0, 0.1) is 0 Å². The molecule has 1 heteroatoms. The molecule has 0 unspecified atom stereocenters. The summed E-state index contributed by atoms with van der Waals surface area (Å²) in [5.41, 5.74) is 0.882. The summed E-state index contributed by atoms with van der Waals surface area (Å²) in [7, 11) is 0.156. The topological polar surface area (TPSA) is 0 Å². The van der Waals surface area contributed by atoms with E-state index in [1.165, 1.54) is 25.7 Å². The van der Waals surface area contributed by atoms with Crippen molar-refractivity contribution in [1.82, 2.24) is 0 Å². The molecule has 84 valence electrons. The molecule has 14 heavy (non-hydrogen) atoms. The Balaban J connectivity index is 2.97. The van der Waals surface area contributed by atoms with Crippen molar-refractivity contribution in [3.8, 4) is 0 Å². The van der Waals surface area contributed by atoms with Crippen LogP contribution in [0.1, 0.15) is 67.2 Å². The standard InChI is InChI=1S/C13H27P/c1-11(2)14-12(3,4)9-7-8-10-13(14,5)6/h11H,7-10H2,1-6H3. The summed E-state index contributed by atoms with van der Waals surface area (Å²) in [6.07, 6.45) is 5.78. The zero-order valence-corrected chi connectivity index (χ0v) is 11.7. The molecule has 0 bridgehead atoms. The van der Waals surface area contributed by atoms with Crippen LogP contribution in [0.3, 0.4) is 0 Å². The molecule has 1 aliphatic rings. The Morgan fingerprint density at radius 2 is 1.21 bits per heavy atom. The largest absolute Gasteiger partial charge is 0.0924 e. The van der Waals surface area contributed by atoms with Crippen LogP contribution in [-0.4, -0.2) is 16.0 Å². The number of rotatable bonds is 1. The van der Waals surface area contributed by atoms with Gasteiger partial charge < -0.3 is 0 Å². The fourth-order valence-corrected chi connectivity index (χ4v) is 8.81. The summed E-state index contributed by atoms with van der Waals surface area (Å²) in [6, 6.07) is 0. The fourth-order valence-electron chi connectivity index (χ4n) is 3.57. The summed E-state index contributed by atoms with van der Waals surface area (Å²) in [4.78, 5) is 0. The third-order valence-electron chi connectivity index (χ3n) is 3.65. The van der Waals surface area contributed by atoms with E-state index in [-0.39, 0.29) is 7.92 Å². The van der Waals surface area contributed by atoms with Gasteiger partial charge in [-0.15, -0.1) is 0 Å². The van der Waals surface area contributed by atoms with Gasteiger partial charge in [0, 0.05) is 0 Å². The SMILES string of the molecule is CC(C)P1C(C)(C)CCCCC1(C)C. The minimum Gasteiger partial charge on any atom is -0.0924 e. The molecule has 1 aliphatic heterocycles. The van der Waals surface area contributed by atoms with E-state index in [9.17, 15) is 0 Å². The van der Waals surface area contributed by atoms with Crippen molar-refractivity contribution in [3.63, 3.8) is 0 Å². The van der Waals surface area contributed by atoms with Gasteiger partial charge in [0.2, 0.25) is 0 Å². The van der Waals surface area contributed by atoms with Gasteiger partial charge in [-0.25, -0.2) is 0 Å². The lowest BCUT2D eigenvalue weighted by atomic mass is 10.0. The highest BCUT2D eigenvalue weighted by molar-refractivity contribution is 7.61. The van der Waals surface area contributed by atoms with Crippen molar-refractivity contribution >= 4 is 7.92 Å². The van der Waals surface area contributed by atoms with Gasteiger partial charge in [-0.2, -0.15) is 0 Å². The second kappa shape index (κ2) is 4.12. The molecule has 0 nitrogen and oxygen atoms in total. The maximum absolute atomic E-state index is 2.51. The molecule has 1 heterocycles. The molecule has 0 aliphatic carbocycles. The lowest BCUT2D eigenvalue weighted by molar-refractivity contribution is 0.563. The van der Waals surface area contributed by atoms with Gasteiger partial charge in [0.05, 0.1) is 0 Å². The molecule has 1 saturated heterocycles. The third kappa shape index (κ3) is 2.51. The minimum atomic E-state index is 0.156. The van der Waals surface area contributed by atoms with Crippen molar-refractivity contribution in [3.05, 3.63) is 0 Å². The molecule has 1 fully saturated rings. The van der Waals surface area contributed by atoms with Crippen LogP contribution in [0.15, 0.2) is 0 Å². The monoisotopic (exact) mass is 214 g/mol. The second-order valence-electron chi connectivity index (χ2n) is 6.30. The molecule has 0 spiro atoms. The Hall–Kier alpha value is 0.430.